The van der Waals surface area contributed by atoms with Crippen molar-refractivity contribution >= 4 is 0 Å². The van der Waals surface area contributed by atoms with Gasteiger partial charge in [-0.1, -0.05) is 106 Å². The molecule has 0 saturated carbocycles. The van der Waals surface area contributed by atoms with Crippen molar-refractivity contribution in [2.24, 2.45) is 23.7 Å². The van der Waals surface area contributed by atoms with E-state index in [1.165, 1.54) is 90.1 Å². The molecule has 1 N–H and O–H groups in total. The van der Waals surface area contributed by atoms with Crippen LogP contribution in [0.5, 0.6) is 0 Å². The summed E-state index contributed by atoms with van der Waals surface area (Å²) >= 11 is 0. The molecule has 28 heavy (non-hydrogen) atoms. The second-order valence-corrected chi connectivity index (χ2v) is 9.34. The molecule has 4 atom stereocenters. The minimum absolute atomic E-state index is 0.299. The van der Waals surface area contributed by atoms with Crippen molar-refractivity contribution in [3.05, 3.63) is 0 Å². The molecule has 0 heterocycles. The van der Waals surface area contributed by atoms with Crippen LogP contribution in [0.3, 0.4) is 0 Å². The lowest BCUT2D eigenvalue weighted by atomic mass is 9.85. The Bertz CT molecular complexity index is 292. The Morgan fingerprint density at radius 2 is 1.00 bits per heavy atom. The van der Waals surface area contributed by atoms with Crippen LogP contribution in [0.4, 0.5) is 0 Å². The van der Waals surface area contributed by atoms with Gasteiger partial charge in [-0.15, -0.1) is 0 Å². The van der Waals surface area contributed by atoms with E-state index in [-0.39, 0.29) is 0 Å². The maximum Gasteiger partial charge on any atom is 0.0558 e. The van der Waals surface area contributed by atoms with E-state index in [4.69, 9.17) is 0 Å². The Kier molecular flexibility index (Phi) is 18.9. The molecule has 0 aromatic carbocycles. The highest BCUT2D eigenvalue weighted by atomic mass is 16.3. The van der Waals surface area contributed by atoms with Gasteiger partial charge in [0.2, 0.25) is 0 Å². The number of aliphatic hydroxyl groups excluding tert-OH is 1. The zero-order valence-corrected chi connectivity index (χ0v) is 20.5. The summed E-state index contributed by atoms with van der Waals surface area (Å²) in [6.07, 6.45) is 16.1. The maximum absolute atomic E-state index is 9.65. The SMILES string of the molecule is CCCC[C@H](CC)C[C@@H](CC)CN(CCO)C[C@@H](CC)C[C@@H](CC)CCCC. The molecule has 2 heteroatoms. The van der Waals surface area contributed by atoms with Crippen LogP contribution in [-0.2, 0) is 0 Å². The van der Waals surface area contributed by atoms with Gasteiger partial charge in [-0.3, -0.25) is 0 Å². The van der Waals surface area contributed by atoms with Crippen LogP contribution in [0.2, 0.25) is 0 Å². The summed E-state index contributed by atoms with van der Waals surface area (Å²) in [4.78, 5) is 2.60. The standard InChI is InChI=1S/C26H55NO/c1-7-13-15-23(9-3)19-25(11-5)21-27(17-18-28)22-26(12-6)20-24(10-4)16-14-8-2/h23-26,28H,7-22H2,1-6H3/t23-,24-,25-,26+/m0/s1. The smallest absolute Gasteiger partial charge is 0.0558 e. The predicted molar refractivity (Wildman–Crippen MR) is 127 cm³/mol. The summed E-state index contributed by atoms with van der Waals surface area (Å²) in [6, 6.07) is 0. The third kappa shape index (κ3) is 13.2. The Labute approximate surface area is 178 Å². The van der Waals surface area contributed by atoms with E-state index >= 15 is 0 Å². The van der Waals surface area contributed by atoms with E-state index in [2.05, 4.69) is 46.4 Å². The monoisotopic (exact) mass is 397 g/mol. The van der Waals surface area contributed by atoms with Crippen molar-refractivity contribution in [2.45, 2.75) is 119 Å². The molecule has 0 unspecified atom stereocenters. The molecule has 0 aromatic heterocycles. The molecule has 0 aliphatic rings. The first-order chi connectivity index (χ1) is 13.6. The van der Waals surface area contributed by atoms with E-state index in [0.29, 0.717) is 6.61 Å². The molecule has 0 aromatic rings. The van der Waals surface area contributed by atoms with Crippen LogP contribution in [0, 0.1) is 23.7 Å². The highest BCUT2D eigenvalue weighted by Crippen LogP contribution is 2.27. The number of aliphatic hydroxyl groups is 1. The molecule has 0 aliphatic carbocycles. The molecule has 0 rings (SSSR count). The quantitative estimate of drug-likeness (QED) is 0.229. The fraction of sp³-hybridized carbons (Fsp3) is 1.00. The zero-order chi connectivity index (χ0) is 21.2. The van der Waals surface area contributed by atoms with Crippen LogP contribution in [0.25, 0.3) is 0 Å². The Morgan fingerprint density at radius 3 is 1.29 bits per heavy atom. The third-order valence-electron chi connectivity index (χ3n) is 7.02. The van der Waals surface area contributed by atoms with E-state index in [9.17, 15) is 5.11 Å². The summed E-state index contributed by atoms with van der Waals surface area (Å²) in [5.41, 5.74) is 0. The fourth-order valence-corrected chi connectivity index (χ4v) is 4.78. The number of unbranched alkanes of at least 4 members (excludes halogenated alkanes) is 2. The van der Waals surface area contributed by atoms with Gasteiger partial charge in [0.15, 0.2) is 0 Å². The van der Waals surface area contributed by atoms with Crippen LogP contribution in [0.15, 0.2) is 0 Å². The zero-order valence-electron chi connectivity index (χ0n) is 20.5. The van der Waals surface area contributed by atoms with Crippen molar-refractivity contribution in [3.8, 4) is 0 Å². The van der Waals surface area contributed by atoms with Gasteiger partial charge in [-0.05, 0) is 36.5 Å². The average molecular weight is 398 g/mol. The van der Waals surface area contributed by atoms with E-state index in [1.54, 1.807) is 0 Å². The molecule has 0 radical (unpaired) electrons. The molecule has 0 spiro atoms. The van der Waals surface area contributed by atoms with Gasteiger partial charge in [0.25, 0.3) is 0 Å². The average Bonchev–Trinajstić information content (AvgIpc) is 2.72. The Hall–Kier alpha value is -0.0800. The van der Waals surface area contributed by atoms with Crippen LogP contribution < -0.4 is 0 Å². The largest absolute Gasteiger partial charge is 0.395 e. The van der Waals surface area contributed by atoms with Gasteiger partial charge in [0.1, 0.15) is 0 Å². The number of hydrogen-bond acceptors (Lipinski definition) is 2. The van der Waals surface area contributed by atoms with E-state index in [0.717, 1.165) is 30.2 Å². The highest BCUT2D eigenvalue weighted by molar-refractivity contribution is 4.74. The molecular formula is C26H55NO. The van der Waals surface area contributed by atoms with Crippen molar-refractivity contribution in [1.29, 1.82) is 0 Å². The van der Waals surface area contributed by atoms with Crippen molar-refractivity contribution < 1.29 is 5.11 Å². The number of rotatable bonds is 20. The minimum Gasteiger partial charge on any atom is -0.395 e. The summed E-state index contributed by atoms with van der Waals surface area (Å²) in [6.45, 7) is 17.6. The van der Waals surface area contributed by atoms with Gasteiger partial charge in [0, 0.05) is 19.6 Å². The van der Waals surface area contributed by atoms with Gasteiger partial charge in [-0.2, -0.15) is 0 Å². The molecule has 170 valence electrons. The molecule has 2 nitrogen and oxygen atoms in total. The van der Waals surface area contributed by atoms with Crippen LogP contribution in [0.1, 0.15) is 119 Å². The lowest BCUT2D eigenvalue weighted by molar-refractivity contribution is 0.133. The third-order valence-corrected chi connectivity index (χ3v) is 7.02. The van der Waals surface area contributed by atoms with Crippen molar-refractivity contribution in [1.82, 2.24) is 4.90 Å². The second-order valence-electron chi connectivity index (χ2n) is 9.34. The summed E-state index contributed by atoms with van der Waals surface area (Å²) in [5.74, 6) is 3.35. The molecule has 0 aliphatic heterocycles. The topological polar surface area (TPSA) is 23.5 Å². The summed E-state index contributed by atoms with van der Waals surface area (Å²) in [5, 5.41) is 9.65. The second kappa shape index (κ2) is 18.9. The maximum atomic E-state index is 9.65. The lowest BCUT2D eigenvalue weighted by Gasteiger charge is -2.32. The summed E-state index contributed by atoms with van der Waals surface area (Å²) < 4.78 is 0. The Morgan fingerprint density at radius 1 is 0.607 bits per heavy atom. The number of nitrogens with zero attached hydrogens (tertiary/aromatic N) is 1. The van der Waals surface area contributed by atoms with Gasteiger partial charge < -0.3 is 10.0 Å². The molecule has 0 fully saturated rings. The Balaban J connectivity index is 4.76. The lowest BCUT2D eigenvalue weighted by Crippen LogP contribution is -2.37. The molecular weight excluding hydrogens is 342 g/mol. The van der Waals surface area contributed by atoms with Crippen molar-refractivity contribution in [2.75, 3.05) is 26.2 Å². The van der Waals surface area contributed by atoms with Gasteiger partial charge in [-0.25, -0.2) is 0 Å². The van der Waals surface area contributed by atoms with E-state index < -0.39 is 0 Å². The van der Waals surface area contributed by atoms with E-state index in [1.807, 2.05) is 0 Å². The van der Waals surface area contributed by atoms with Crippen LogP contribution >= 0.6 is 0 Å². The fourth-order valence-electron chi connectivity index (χ4n) is 4.78. The van der Waals surface area contributed by atoms with Crippen LogP contribution in [-0.4, -0.2) is 36.2 Å². The minimum atomic E-state index is 0.299. The van der Waals surface area contributed by atoms with Gasteiger partial charge >= 0.3 is 0 Å². The first-order valence-corrected chi connectivity index (χ1v) is 12.9. The number of hydrogen-bond donors (Lipinski definition) is 1. The first-order valence-electron chi connectivity index (χ1n) is 12.9. The molecule has 0 amide bonds. The predicted octanol–water partition coefficient (Wildman–Crippen LogP) is 7.55. The summed E-state index contributed by atoms with van der Waals surface area (Å²) in [7, 11) is 0. The first kappa shape index (κ1) is 27.9. The molecule has 0 saturated heterocycles. The van der Waals surface area contributed by atoms with Gasteiger partial charge in [0.05, 0.1) is 6.61 Å². The highest BCUT2D eigenvalue weighted by Gasteiger charge is 2.21. The van der Waals surface area contributed by atoms with Crippen molar-refractivity contribution in [3.63, 3.8) is 0 Å². The normalized spacial score (nSPS) is 16.3. The molecule has 0 bridgehead atoms.